The predicted molar refractivity (Wildman–Crippen MR) is 147 cm³/mol. The molecule has 4 aromatic carbocycles. The maximum absolute atomic E-state index is 4.48. The third-order valence-electron chi connectivity index (χ3n) is 5.40. The molecular formula is C32H28IrN2-2. The Morgan fingerprint density at radius 2 is 0.686 bits per heavy atom. The predicted octanol–water partition coefficient (Wildman–Crippen LogP) is 8.70. The Balaban J connectivity index is 0.000000227. The van der Waals surface area contributed by atoms with Crippen LogP contribution in [0.25, 0.3) is 44.1 Å². The number of benzene rings is 4. The van der Waals surface area contributed by atoms with E-state index >= 15 is 0 Å². The minimum Gasteiger partial charge on any atom is -0.358 e. The van der Waals surface area contributed by atoms with Gasteiger partial charge in [0.1, 0.15) is 0 Å². The van der Waals surface area contributed by atoms with Crippen molar-refractivity contribution in [1.29, 1.82) is 0 Å². The molecule has 0 unspecified atom stereocenters. The van der Waals surface area contributed by atoms with Crippen molar-refractivity contribution >= 4 is 21.5 Å². The third-order valence-corrected chi connectivity index (χ3v) is 5.40. The van der Waals surface area contributed by atoms with E-state index in [9.17, 15) is 0 Å². The van der Waals surface area contributed by atoms with Gasteiger partial charge in [-0.25, -0.2) is 0 Å². The van der Waals surface area contributed by atoms with Gasteiger partial charge in [0.25, 0.3) is 0 Å². The van der Waals surface area contributed by atoms with Crippen LogP contribution >= 0.6 is 0 Å². The van der Waals surface area contributed by atoms with Crippen LogP contribution in [0.1, 0.15) is 0 Å². The number of nitrogens with zero attached hydrogens (tertiary/aromatic N) is 2. The Hall–Kier alpha value is -3.65. The van der Waals surface area contributed by atoms with Crippen molar-refractivity contribution in [2.45, 2.75) is 0 Å². The Morgan fingerprint density at radius 3 is 1.06 bits per heavy atom. The molecule has 2 aromatic heterocycles. The van der Waals surface area contributed by atoms with Crippen LogP contribution in [0.5, 0.6) is 0 Å². The standard InChI is InChI=1S/2C15H11N.2CH3.Ir/c2*1-2-6-12(7-3-1)15-10-13-8-4-5-9-14(13)11-16-15;;;/h2*1-11H;2*1H3;/q;;2*-1;. The zero-order valence-electron chi connectivity index (χ0n) is 19.9. The smallest absolute Gasteiger partial charge is 0.0708 e. The first-order valence-corrected chi connectivity index (χ1v) is 10.7. The van der Waals surface area contributed by atoms with Gasteiger partial charge in [-0.15, -0.1) is 0 Å². The Labute approximate surface area is 222 Å². The number of fused-ring (bicyclic) bond motifs is 2. The van der Waals surface area contributed by atoms with Crippen molar-refractivity contribution in [3.8, 4) is 22.5 Å². The Kier molecular flexibility index (Phi) is 10.5. The van der Waals surface area contributed by atoms with E-state index in [1.807, 2.05) is 60.9 Å². The zero-order chi connectivity index (χ0) is 21.6. The Morgan fingerprint density at radius 1 is 0.371 bits per heavy atom. The second-order valence-electron chi connectivity index (χ2n) is 7.57. The quantitative estimate of drug-likeness (QED) is 0.179. The van der Waals surface area contributed by atoms with Crippen LogP contribution < -0.4 is 0 Å². The summed E-state index contributed by atoms with van der Waals surface area (Å²) in [4.78, 5) is 8.95. The number of rotatable bonds is 2. The van der Waals surface area contributed by atoms with Gasteiger partial charge < -0.3 is 14.9 Å². The minimum atomic E-state index is 0. The molecule has 0 aliphatic heterocycles. The molecule has 0 fully saturated rings. The topological polar surface area (TPSA) is 25.8 Å². The SMILES string of the molecule is [CH3-].[CH3-].[Ir].c1ccc(-c2cc3ccccc3cn2)cc1.c1ccc(-c2cc3ccccc3cn2)cc1. The molecule has 1 radical (unpaired) electrons. The summed E-state index contributed by atoms with van der Waals surface area (Å²) in [5.74, 6) is 0. The minimum absolute atomic E-state index is 0. The molecule has 177 valence electrons. The summed E-state index contributed by atoms with van der Waals surface area (Å²) >= 11 is 0. The van der Waals surface area contributed by atoms with Crippen LogP contribution in [0, 0.1) is 14.9 Å². The van der Waals surface area contributed by atoms with Crippen molar-refractivity contribution < 1.29 is 20.1 Å². The number of hydrogen-bond donors (Lipinski definition) is 0. The molecule has 0 atom stereocenters. The van der Waals surface area contributed by atoms with Crippen molar-refractivity contribution in [1.82, 2.24) is 9.97 Å². The Bertz CT molecular complexity index is 1350. The molecule has 0 saturated carbocycles. The molecule has 0 bridgehead atoms. The largest absolute Gasteiger partial charge is 0.358 e. The molecule has 6 aromatic rings. The van der Waals surface area contributed by atoms with E-state index in [-0.39, 0.29) is 35.0 Å². The molecule has 0 saturated heterocycles. The van der Waals surface area contributed by atoms with Crippen LogP contribution in [0.4, 0.5) is 0 Å². The maximum Gasteiger partial charge on any atom is 0.0708 e. The van der Waals surface area contributed by atoms with E-state index in [0.717, 1.165) is 22.5 Å². The first-order chi connectivity index (χ1) is 15.9. The van der Waals surface area contributed by atoms with Crippen molar-refractivity contribution in [3.63, 3.8) is 0 Å². The van der Waals surface area contributed by atoms with Gasteiger partial charge in [0.15, 0.2) is 0 Å². The van der Waals surface area contributed by atoms with E-state index in [1.165, 1.54) is 21.5 Å². The second-order valence-corrected chi connectivity index (χ2v) is 7.57. The fourth-order valence-corrected chi connectivity index (χ4v) is 3.70. The third kappa shape index (κ3) is 6.70. The van der Waals surface area contributed by atoms with Gasteiger partial charge in [-0.1, -0.05) is 109 Å². The van der Waals surface area contributed by atoms with Crippen LogP contribution in [0.15, 0.2) is 134 Å². The summed E-state index contributed by atoms with van der Waals surface area (Å²) in [5, 5.41) is 4.83. The molecule has 0 spiro atoms. The summed E-state index contributed by atoms with van der Waals surface area (Å²) in [6.45, 7) is 0. The average molecular weight is 633 g/mol. The fourth-order valence-electron chi connectivity index (χ4n) is 3.70. The van der Waals surface area contributed by atoms with Gasteiger partial charge in [-0.2, -0.15) is 0 Å². The molecule has 2 heterocycles. The molecule has 6 rings (SSSR count). The first-order valence-electron chi connectivity index (χ1n) is 10.7. The molecule has 35 heavy (non-hydrogen) atoms. The monoisotopic (exact) mass is 633 g/mol. The number of hydrogen-bond acceptors (Lipinski definition) is 2. The van der Waals surface area contributed by atoms with Gasteiger partial charge in [0.05, 0.1) is 11.4 Å². The van der Waals surface area contributed by atoms with Gasteiger partial charge >= 0.3 is 0 Å². The summed E-state index contributed by atoms with van der Waals surface area (Å²) in [7, 11) is 0. The van der Waals surface area contributed by atoms with Gasteiger partial charge in [0, 0.05) is 54.4 Å². The van der Waals surface area contributed by atoms with Crippen molar-refractivity contribution in [3.05, 3.63) is 149 Å². The van der Waals surface area contributed by atoms with Crippen LogP contribution in [0.2, 0.25) is 0 Å². The number of aromatic nitrogens is 2. The van der Waals surface area contributed by atoms with E-state index in [1.54, 1.807) is 0 Å². The molecule has 3 heteroatoms. The van der Waals surface area contributed by atoms with E-state index in [4.69, 9.17) is 0 Å². The van der Waals surface area contributed by atoms with Crippen LogP contribution in [-0.2, 0) is 20.1 Å². The second kappa shape index (κ2) is 13.3. The molecule has 0 aliphatic carbocycles. The normalized spacial score (nSPS) is 9.60. The van der Waals surface area contributed by atoms with E-state index in [0.29, 0.717) is 0 Å². The average Bonchev–Trinajstić information content (AvgIpc) is 2.89. The molecule has 0 amide bonds. The van der Waals surface area contributed by atoms with E-state index < -0.39 is 0 Å². The zero-order valence-corrected chi connectivity index (χ0v) is 22.3. The molecule has 0 aliphatic rings. The molecular weight excluding hydrogens is 605 g/mol. The van der Waals surface area contributed by atoms with E-state index in [2.05, 4.69) is 82.8 Å². The number of pyridine rings is 2. The van der Waals surface area contributed by atoms with Crippen molar-refractivity contribution in [2.24, 2.45) is 0 Å². The molecule has 2 nitrogen and oxygen atoms in total. The van der Waals surface area contributed by atoms with Gasteiger partial charge in [-0.3, -0.25) is 9.97 Å². The summed E-state index contributed by atoms with van der Waals surface area (Å²) in [6, 6.07) is 41.3. The van der Waals surface area contributed by atoms with Crippen molar-refractivity contribution in [2.75, 3.05) is 0 Å². The summed E-state index contributed by atoms with van der Waals surface area (Å²) < 4.78 is 0. The van der Waals surface area contributed by atoms with Gasteiger partial charge in [0.2, 0.25) is 0 Å². The summed E-state index contributed by atoms with van der Waals surface area (Å²) in [6.07, 6.45) is 3.86. The molecule has 0 N–H and O–H groups in total. The fraction of sp³-hybridized carbons (Fsp3) is 0. The first kappa shape index (κ1) is 27.6. The van der Waals surface area contributed by atoms with Crippen LogP contribution in [-0.4, -0.2) is 9.97 Å². The van der Waals surface area contributed by atoms with Crippen LogP contribution in [0.3, 0.4) is 0 Å². The van der Waals surface area contributed by atoms with Gasteiger partial charge in [-0.05, 0) is 22.9 Å². The summed E-state index contributed by atoms with van der Waals surface area (Å²) in [5.41, 5.74) is 4.38. The maximum atomic E-state index is 4.48.